The number of benzene rings is 2. The first-order chi connectivity index (χ1) is 14.9. The lowest BCUT2D eigenvalue weighted by molar-refractivity contribution is -0.133. The van der Waals surface area contributed by atoms with E-state index in [9.17, 15) is 13.2 Å². The number of hydrogen-bond acceptors (Lipinski definition) is 4. The highest BCUT2D eigenvalue weighted by atomic mass is 32.2. The molecule has 2 aromatic rings. The van der Waals surface area contributed by atoms with Gasteiger partial charge in [-0.2, -0.15) is 0 Å². The molecule has 2 aromatic carbocycles. The largest absolute Gasteiger partial charge is 0.337 e. The minimum absolute atomic E-state index is 0.0169. The second-order valence-corrected chi connectivity index (χ2v) is 9.69. The summed E-state index contributed by atoms with van der Waals surface area (Å²) in [5, 5.41) is 0. The number of hydrogen-bond donors (Lipinski definition) is 1. The van der Waals surface area contributed by atoms with Crippen LogP contribution in [0.25, 0.3) is 5.57 Å². The van der Waals surface area contributed by atoms with Crippen molar-refractivity contribution >= 4 is 27.3 Å². The van der Waals surface area contributed by atoms with Gasteiger partial charge in [0.25, 0.3) is 10.0 Å². The van der Waals surface area contributed by atoms with E-state index in [4.69, 9.17) is 0 Å². The molecule has 0 radical (unpaired) electrons. The lowest BCUT2D eigenvalue weighted by Crippen LogP contribution is -2.44. The summed E-state index contributed by atoms with van der Waals surface area (Å²) in [4.78, 5) is 20.1. The summed E-state index contributed by atoms with van der Waals surface area (Å²) in [7, 11) is -3.64. The van der Waals surface area contributed by atoms with Gasteiger partial charge in [0.2, 0.25) is 5.91 Å². The fourth-order valence-electron chi connectivity index (χ4n) is 3.99. The van der Waals surface area contributed by atoms with E-state index >= 15 is 0 Å². The van der Waals surface area contributed by atoms with Crippen LogP contribution in [0.2, 0.25) is 0 Å². The predicted molar refractivity (Wildman–Crippen MR) is 122 cm³/mol. The van der Waals surface area contributed by atoms with E-state index in [-0.39, 0.29) is 22.6 Å². The number of carbonyl (C=O) groups is 1. The molecule has 4 rings (SSSR count). The fourth-order valence-corrected chi connectivity index (χ4v) is 5.23. The molecule has 0 spiro atoms. The summed E-state index contributed by atoms with van der Waals surface area (Å²) in [6.45, 7) is 5.15. The minimum Gasteiger partial charge on any atom is -0.337 e. The Kier molecular flexibility index (Phi) is 5.96. The van der Waals surface area contributed by atoms with Crippen molar-refractivity contribution in [2.24, 2.45) is 10.9 Å². The van der Waals surface area contributed by atoms with Gasteiger partial charge in [0.15, 0.2) is 0 Å². The molecular weight excluding hydrogens is 410 g/mol. The zero-order chi connectivity index (χ0) is 22.0. The maximum Gasteiger partial charge on any atom is 0.263 e. The second-order valence-electron chi connectivity index (χ2n) is 8.04. The van der Waals surface area contributed by atoms with Gasteiger partial charge < -0.3 is 4.90 Å². The smallest absolute Gasteiger partial charge is 0.263 e. The fraction of sp³-hybridized carbons (Fsp3) is 0.333. The topological polar surface area (TPSA) is 78.8 Å². The van der Waals surface area contributed by atoms with Gasteiger partial charge in [-0.1, -0.05) is 68.8 Å². The number of aliphatic imine (C=N–C) groups is 1. The van der Waals surface area contributed by atoms with Crippen molar-refractivity contribution in [2.75, 3.05) is 13.1 Å². The van der Waals surface area contributed by atoms with Crippen LogP contribution in [0, 0.1) is 5.92 Å². The molecule has 0 saturated heterocycles. The number of sulfonamides is 1. The van der Waals surface area contributed by atoms with E-state index in [0.717, 1.165) is 12.8 Å². The highest BCUT2D eigenvalue weighted by Crippen LogP contribution is 2.26. The Morgan fingerprint density at radius 1 is 1.13 bits per heavy atom. The van der Waals surface area contributed by atoms with Crippen LogP contribution in [0.3, 0.4) is 0 Å². The third-order valence-electron chi connectivity index (χ3n) is 6.03. The quantitative estimate of drug-likeness (QED) is 0.778. The van der Waals surface area contributed by atoms with Crippen molar-refractivity contribution in [3.63, 3.8) is 0 Å². The molecule has 2 atom stereocenters. The van der Waals surface area contributed by atoms with E-state index in [1.165, 1.54) is 11.1 Å². The van der Waals surface area contributed by atoms with Gasteiger partial charge in [0.05, 0.1) is 4.90 Å². The molecule has 2 aliphatic heterocycles. The predicted octanol–water partition coefficient (Wildman–Crippen LogP) is 3.46. The van der Waals surface area contributed by atoms with Crippen molar-refractivity contribution < 1.29 is 13.2 Å². The first kappa shape index (κ1) is 21.3. The van der Waals surface area contributed by atoms with E-state index in [0.29, 0.717) is 18.7 Å². The van der Waals surface area contributed by atoms with Crippen LogP contribution in [0.15, 0.2) is 70.6 Å². The molecule has 6 nitrogen and oxygen atoms in total. The Morgan fingerprint density at radius 2 is 1.84 bits per heavy atom. The zero-order valence-electron chi connectivity index (χ0n) is 17.8. The van der Waals surface area contributed by atoms with Crippen LogP contribution >= 0.6 is 0 Å². The molecule has 0 fully saturated rings. The number of nitrogens with one attached hydrogen (secondary N) is 1. The normalized spacial score (nSPS) is 20.5. The molecular formula is C24H27N3O3S. The van der Waals surface area contributed by atoms with Crippen molar-refractivity contribution in [2.45, 2.75) is 37.6 Å². The highest BCUT2D eigenvalue weighted by molar-refractivity contribution is 7.90. The summed E-state index contributed by atoms with van der Waals surface area (Å²) in [6.07, 6.45) is 3.65. The second kappa shape index (κ2) is 8.67. The molecule has 0 aliphatic carbocycles. The third kappa shape index (κ3) is 4.28. The standard InChI is InChI=1S/C24H27N3O3S/c1-3-17(2)22(25-23-20-11-7-8-12-21(20)31(29,30)26-23)24(28)27-15-13-19(14-16-27)18-9-5-4-6-10-18/h4-13,17,22H,3,14-16H2,1-2H3,(H,25,26)/t17-,22-/m0/s1. The highest BCUT2D eigenvalue weighted by Gasteiger charge is 2.34. The van der Waals surface area contributed by atoms with Crippen molar-refractivity contribution in [3.05, 3.63) is 71.8 Å². The van der Waals surface area contributed by atoms with Gasteiger partial charge in [-0.05, 0) is 35.6 Å². The molecule has 2 aliphatic rings. The molecule has 0 aromatic heterocycles. The molecule has 31 heavy (non-hydrogen) atoms. The average Bonchev–Trinajstić information content (AvgIpc) is 3.07. The van der Waals surface area contributed by atoms with Crippen molar-refractivity contribution in [1.82, 2.24) is 9.62 Å². The molecule has 0 unspecified atom stereocenters. The summed E-state index contributed by atoms with van der Waals surface area (Å²) < 4.78 is 27.4. The Morgan fingerprint density at radius 3 is 2.52 bits per heavy atom. The Hall–Kier alpha value is -2.93. The lowest BCUT2D eigenvalue weighted by Gasteiger charge is -2.31. The zero-order valence-corrected chi connectivity index (χ0v) is 18.6. The molecule has 2 heterocycles. The number of rotatable bonds is 5. The molecule has 0 saturated carbocycles. The van der Waals surface area contributed by atoms with Crippen LogP contribution in [0.4, 0.5) is 0 Å². The average molecular weight is 438 g/mol. The van der Waals surface area contributed by atoms with Crippen molar-refractivity contribution in [3.8, 4) is 0 Å². The van der Waals surface area contributed by atoms with Gasteiger partial charge in [0, 0.05) is 18.7 Å². The van der Waals surface area contributed by atoms with Gasteiger partial charge in [-0.3, -0.25) is 14.5 Å². The van der Waals surface area contributed by atoms with Gasteiger partial charge in [-0.15, -0.1) is 0 Å². The lowest BCUT2D eigenvalue weighted by atomic mass is 9.95. The summed E-state index contributed by atoms with van der Waals surface area (Å²) in [6, 6.07) is 16.3. The summed E-state index contributed by atoms with van der Waals surface area (Å²) >= 11 is 0. The molecule has 0 bridgehead atoms. The minimum atomic E-state index is -3.64. The van der Waals surface area contributed by atoms with E-state index in [2.05, 4.69) is 27.9 Å². The molecule has 1 amide bonds. The Balaban J connectivity index is 1.59. The van der Waals surface area contributed by atoms with Crippen molar-refractivity contribution in [1.29, 1.82) is 0 Å². The Labute approximate surface area is 183 Å². The first-order valence-corrected chi connectivity index (χ1v) is 12.1. The van der Waals surface area contributed by atoms with Gasteiger partial charge >= 0.3 is 0 Å². The SMILES string of the molecule is CC[C@H](C)[C@H](N=C1NS(=O)(=O)c2ccccc21)C(=O)N1CC=C(c2ccccc2)CC1. The van der Waals surface area contributed by atoms with E-state index in [1.807, 2.05) is 36.9 Å². The number of amidine groups is 1. The maximum atomic E-state index is 13.4. The Bertz CT molecular complexity index is 1140. The third-order valence-corrected chi connectivity index (χ3v) is 7.43. The number of nitrogens with zero attached hydrogens (tertiary/aromatic N) is 2. The van der Waals surface area contributed by atoms with Gasteiger partial charge in [0.1, 0.15) is 11.9 Å². The van der Waals surface area contributed by atoms with E-state index in [1.54, 1.807) is 24.3 Å². The molecule has 1 N–H and O–H groups in total. The van der Waals surface area contributed by atoms with Crippen LogP contribution in [-0.2, 0) is 14.8 Å². The van der Waals surface area contributed by atoms with Crippen LogP contribution in [0.1, 0.15) is 37.8 Å². The number of amides is 1. The monoisotopic (exact) mass is 437 g/mol. The van der Waals surface area contributed by atoms with Gasteiger partial charge in [-0.25, -0.2) is 8.42 Å². The van der Waals surface area contributed by atoms with Crippen LogP contribution < -0.4 is 4.72 Å². The maximum absolute atomic E-state index is 13.4. The van der Waals surface area contributed by atoms with Crippen LogP contribution in [-0.4, -0.2) is 44.2 Å². The molecule has 162 valence electrons. The number of carbonyl (C=O) groups excluding carboxylic acids is 1. The van der Waals surface area contributed by atoms with E-state index < -0.39 is 16.1 Å². The van der Waals surface area contributed by atoms with Crippen LogP contribution in [0.5, 0.6) is 0 Å². The molecule has 7 heteroatoms. The summed E-state index contributed by atoms with van der Waals surface area (Å²) in [5.74, 6) is 0.178. The first-order valence-electron chi connectivity index (χ1n) is 10.6. The summed E-state index contributed by atoms with van der Waals surface area (Å²) in [5.41, 5.74) is 2.95. The number of fused-ring (bicyclic) bond motifs is 1.